The van der Waals surface area contributed by atoms with Gasteiger partial charge in [0.05, 0.1) is 0 Å². The molecule has 0 spiro atoms. The van der Waals surface area contributed by atoms with Gasteiger partial charge in [-0.2, -0.15) is 10.5 Å². The van der Waals surface area contributed by atoms with Crippen molar-refractivity contribution in [3.8, 4) is 24.0 Å². The molecule has 2 heteroatoms. The van der Waals surface area contributed by atoms with Crippen LogP contribution in [0.3, 0.4) is 0 Å². The average Bonchev–Trinajstić information content (AvgIpc) is 2.19. The number of allylic oxidation sites excluding steroid dienone is 4. The third-order valence-corrected chi connectivity index (χ3v) is 2.37. The largest absolute Gasteiger partial charge is 0.192 e. The molecule has 94 valence electrons. The van der Waals surface area contributed by atoms with E-state index in [9.17, 15) is 0 Å². The SMILES string of the molecule is CC(C)(C)C(=CC#CC=C(C#N)C#N)C(C)(C)C. The standard InChI is InChI=1S/C16H20N2/c1-15(2,3)14(16(4,5)6)10-8-7-9-13(11-17)12-18/h9-10H,1-6H3. The van der Waals surface area contributed by atoms with E-state index in [1.165, 1.54) is 11.6 Å². The minimum absolute atomic E-state index is 0.0315. The highest BCUT2D eigenvalue weighted by Gasteiger charge is 2.27. The van der Waals surface area contributed by atoms with Crippen LogP contribution in [0.15, 0.2) is 23.3 Å². The maximum absolute atomic E-state index is 8.57. The second kappa shape index (κ2) is 6.09. The van der Waals surface area contributed by atoms with Crippen molar-refractivity contribution in [2.45, 2.75) is 41.5 Å². The van der Waals surface area contributed by atoms with Crippen LogP contribution >= 0.6 is 0 Å². The van der Waals surface area contributed by atoms with E-state index in [4.69, 9.17) is 10.5 Å². The highest BCUT2D eigenvalue weighted by molar-refractivity contribution is 5.42. The van der Waals surface area contributed by atoms with Crippen LogP contribution < -0.4 is 0 Å². The minimum Gasteiger partial charge on any atom is -0.192 e. The summed E-state index contributed by atoms with van der Waals surface area (Å²) >= 11 is 0. The Balaban J connectivity index is 5.32. The van der Waals surface area contributed by atoms with Crippen molar-refractivity contribution in [3.63, 3.8) is 0 Å². The number of nitriles is 2. The molecule has 0 radical (unpaired) electrons. The van der Waals surface area contributed by atoms with Gasteiger partial charge in [0.25, 0.3) is 0 Å². The number of hydrogen-bond acceptors (Lipinski definition) is 2. The lowest BCUT2D eigenvalue weighted by Gasteiger charge is -2.33. The maximum Gasteiger partial charge on any atom is 0.137 e. The van der Waals surface area contributed by atoms with E-state index in [1.54, 1.807) is 12.1 Å². The van der Waals surface area contributed by atoms with Crippen LogP contribution in [0.1, 0.15) is 41.5 Å². The summed E-state index contributed by atoms with van der Waals surface area (Å²) in [5.74, 6) is 5.64. The van der Waals surface area contributed by atoms with Gasteiger partial charge in [-0.3, -0.25) is 0 Å². The summed E-state index contributed by atoms with van der Waals surface area (Å²) in [5, 5.41) is 17.1. The summed E-state index contributed by atoms with van der Waals surface area (Å²) in [5.41, 5.74) is 1.36. The fourth-order valence-corrected chi connectivity index (χ4v) is 1.88. The highest BCUT2D eigenvalue weighted by atomic mass is 14.3. The summed E-state index contributed by atoms with van der Waals surface area (Å²) < 4.78 is 0. The third kappa shape index (κ3) is 5.38. The van der Waals surface area contributed by atoms with Gasteiger partial charge >= 0.3 is 0 Å². The Kier molecular flexibility index (Phi) is 5.42. The molecule has 0 unspecified atom stereocenters. The van der Waals surface area contributed by atoms with Crippen molar-refractivity contribution < 1.29 is 0 Å². The first-order chi connectivity index (χ1) is 8.12. The fourth-order valence-electron chi connectivity index (χ4n) is 1.88. The Bertz CT molecular complexity index is 463. The zero-order valence-corrected chi connectivity index (χ0v) is 12.0. The molecule has 0 fully saturated rings. The summed E-state index contributed by atoms with van der Waals surface area (Å²) in [4.78, 5) is 0. The van der Waals surface area contributed by atoms with Gasteiger partial charge < -0.3 is 0 Å². The lowest BCUT2D eigenvalue weighted by molar-refractivity contribution is 0.363. The van der Waals surface area contributed by atoms with Gasteiger partial charge in [-0.05, 0) is 16.9 Å². The molecule has 0 bridgehead atoms. The molecule has 0 saturated heterocycles. The molecule has 18 heavy (non-hydrogen) atoms. The molecule has 2 nitrogen and oxygen atoms in total. The predicted octanol–water partition coefficient (Wildman–Crippen LogP) is 3.98. The van der Waals surface area contributed by atoms with Crippen molar-refractivity contribution in [3.05, 3.63) is 23.3 Å². The van der Waals surface area contributed by atoms with Crippen LogP contribution in [0.5, 0.6) is 0 Å². The molecule has 0 aromatic carbocycles. The van der Waals surface area contributed by atoms with Crippen LogP contribution in [0.2, 0.25) is 0 Å². The molecule has 0 rings (SSSR count). The van der Waals surface area contributed by atoms with E-state index in [0.29, 0.717) is 0 Å². The van der Waals surface area contributed by atoms with Gasteiger partial charge in [0.1, 0.15) is 17.7 Å². The van der Waals surface area contributed by atoms with Gasteiger partial charge in [0.15, 0.2) is 0 Å². The number of nitrogens with zero attached hydrogens (tertiary/aromatic N) is 2. The van der Waals surface area contributed by atoms with Crippen molar-refractivity contribution in [2.24, 2.45) is 10.8 Å². The summed E-state index contributed by atoms with van der Waals surface area (Å²) in [6, 6.07) is 3.55. The Morgan fingerprint density at radius 3 is 1.50 bits per heavy atom. The first-order valence-corrected chi connectivity index (χ1v) is 5.85. The quantitative estimate of drug-likeness (QED) is 0.475. The van der Waals surface area contributed by atoms with E-state index in [0.717, 1.165) is 0 Å². The van der Waals surface area contributed by atoms with Gasteiger partial charge in [0.2, 0.25) is 0 Å². The summed E-state index contributed by atoms with van der Waals surface area (Å²) in [6.07, 6.45) is 3.24. The van der Waals surface area contributed by atoms with E-state index < -0.39 is 0 Å². The van der Waals surface area contributed by atoms with E-state index >= 15 is 0 Å². The normalized spacial score (nSPS) is 10.2. The molecule has 0 saturated carbocycles. The van der Waals surface area contributed by atoms with Gasteiger partial charge in [0, 0.05) is 6.08 Å². The molecule has 0 aliphatic rings. The zero-order valence-electron chi connectivity index (χ0n) is 12.0. The smallest absolute Gasteiger partial charge is 0.137 e. The van der Waals surface area contributed by atoms with Crippen molar-refractivity contribution in [1.29, 1.82) is 10.5 Å². The molecular weight excluding hydrogens is 220 g/mol. The molecule has 0 atom stereocenters. The minimum atomic E-state index is 0.0315. The number of rotatable bonds is 0. The van der Waals surface area contributed by atoms with Crippen molar-refractivity contribution in [2.75, 3.05) is 0 Å². The van der Waals surface area contributed by atoms with Gasteiger partial charge in [-0.15, -0.1) is 0 Å². The molecule has 0 aromatic heterocycles. The topological polar surface area (TPSA) is 47.6 Å². The third-order valence-electron chi connectivity index (χ3n) is 2.37. The Labute approximate surface area is 111 Å². The van der Waals surface area contributed by atoms with Crippen LogP contribution in [0, 0.1) is 45.3 Å². The first kappa shape index (κ1) is 16.0. The monoisotopic (exact) mass is 240 g/mol. The second-order valence-electron chi connectivity index (χ2n) is 6.13. The van der Waals surface area contributed by atoms with E-state index in [2.05, 4.69) is 53.4 Å². The van der Waals surface area contributed by atoms with E-state index in [-0.39, 0.29) is 16.4 Å². The fraction of sp³-hybridized carbons (Fsp3) is 0.500. The predicted molar refractivity (Wildman–Crippen MR) is 74.1 cm³/mol. The van der Waals surface area contributed by atoms with Gasteiger partial charge in [-0.25, -0.2) is 0 Å². The van der Waals surface area contributed by atoms with Crippen LogP contribution in [0.25, 0.3) is 0 Å². The second-order valence-corrected chi connectivity index (χ2v) is 6.13. The first-order valence-electron chi connectivity index (χ1n) is 5.85. The van der Waals surface area contributed by atoms with Crippen molar-refractivity contribution in [1.82, 2.24) is 0 Å². The molecule has 0 aliphatic carbocycles. The average molecular weight is 240 g/mol. The molecule has 0 amide bonds. The lowest BCUT2D eigenvalue weighted by Crippen LogP contribution is -2.22. The summed E-state index contributed by atoms with van der Waals surface area (Å²) in [7, 11) is 0. The van der Waals surface area contributed by atoms with Crippen LogP contribution in [-0.2, 0) is 0 Å². The summed E-state index contributed by atoms with van der Waals surface area (Å²) in [6.45, 7) is 12.9. The molecule has 0 heterocycles. The molecule has 0 aliphatic heterocycles. The Hall–Kier alpha value is -1.98. The Morgan fingerprint density at radius 2 is 1.17 bits per heavy atom. The van der Waals surface area contributed by atoms with Crippen LogP contribution in [-0.4, -0.2) is 0 Å². The van der Waals surface area contributed by atoms with Gasteiger partial charge in [-0.1, -0.05) is 59.0 Å². The van der Waals surface area contributed by atoms with Crippen molar-refractivity contribution >= 4 is 0 Å². The molecule has 0 aromatic rings. The van der Waals surface area contributed by atoms with Crippen LogP contribution in [0.4, 0.5) is 0 Å². The maximum atomic E-state index is 8.57. The highest BCUT2D eigenvalue weighted by Crippen LogP contribution is 2.38. The molecular formula is C16H20N2. The number of hydrogen-bond donors (Lipinski definition) is 0. The Morgan fingerprint density at radius 1 is 0.778 bits per heavy atom. The molecule has 0 N–H and O–H groups in total. The zero-order chi connectivity index (χ0) is 14.4. The lowest BCUT2D eigenvalue weighted by atomic mass is 9.72. The van der Waals surface area contributed by atoms with E-state index in [1.807, 2.05) is 6.08 Å².